The zero-order valence-electron chi connectivity index (χ0n) is 28.0. The van der Waals surface area contributed by atoms with Gasteiger partial charge in [0.25, 0.3) is 0 Å². The molecule has 0 aliphatic rings. The van der Waals surface area contributed by atoms with Crippen molar-refractivity contribution < 1.29 is 28.9 Å². The van der Waals surface area contributed by atoms with Crippen molar-refractivity contribution in [1.29, 1.82) is 0 Å². The van der Waals surface area contributed by atoms with Gasteiger partial charge in [0, 0.05) is 31.7 Å². The first-order valence-corrected chi connectivity index (χ1v) is 23.6. The van der Waals surface area contributed by atoms with E-state index < -0.39 is 13.3 Å². The zero-order valence-corrected chi connectivity index (χ0v) is 32.5. The third kappa shape index (κ3) is 7.86. The maximum Gasteiger partial charge on any atom is 0 e. The number of hydrogen-bond acceptors (Lipinski definition) is 3. The van der Waals surface area contributed by atoms with Crippen molar-refractivity contribution in [2.24, 2.45) is 0 Å². The summed E-state index contributed by atoms with van der Waals surface area (Å²) >= 11 is -1.72. The van der Waals surface area contributed by atoms with Gasteiger partial charge in [0.05, 0.1) is 5.58 Å². The van der Waals surface area contributed by atoms with Crippen LogP contribution < -0.4 is 4.40 Å². The van der Waals surface area contributed by atoms with Crippen molar-refractivity contribution in [1.82, 2.24) is 9.97 Å². The van der Waals surface area contributed by atoms with Gasteiger partial charge in [0.1, 0.15) is 11.4 Å². The van der Waals surface area contributed by atoms with Gasteiger partial charge >= 0.3 is 99.8 Å². The summed E-state index contributed by atoms with van der Waals surface area (Å²) in [6.07, 6.45) is 6.11. The maximum atomic E-state index is 13.7. The predicted molar refractivity (Wildman–Crippen MR) is 196 cm³/mol. The summed E-state index contributed by atoms with van der Waals surface area (Å²) in [5.41, 5.74) is 8.42. The van der Waals surface area contributed by atoms with Crippen LogP contribution >= 0.6 is 0 Å². The van der Waals surface area contributed by atoms with Gasteiger partial charge in [-0.3, -0.25) is 0 Å². The molecule has 0 aliphatic heterocycles. The van der Waals surface area contributed by atoms with Crippen LogP contribution in [0.4, 0.5) is 4.39 Å². The molecule has 3 nitrogen and oxygen atoms in total. The molecular formula is C42H39FGeIrN2O-2. The number of nitrogens with zero attached hydrogens (tertiary/aromatic N) is 2. The molecule has 3 heterocycles. The van der Waals surface area contributed by atoms with Gasteiger partial charge in [-0.2, -0.15) is 0 Å². The van der Waals surface area contributed by atoms with E-state index in [-0.39, 0.29) is 25.9 Å². The number of fused-ring (bicyclic) bond motifs is 3. The SMILES string of the molecule is CCC(CC)c1ccnc(-c2[c-]ccc3c2oc2cc(-c4cccc(F)c4)ccc23)c1.[CH3][Ge]([CH3])([CH3])[c]1ccc(-c2[c-]cccc2)nc1.[Ir]. The Balaban J connectivity index is 0.000000224. The van der Waals surface area contributed by atoms with Crippen LogP contribution in [-0.4, -0.2) is 23.2 Å². The Labute approximate surface area is 299 Å². The Hall–Kier alpha value is -3.90. The molecule has 0 unspecified atom stereocenters. The quantitative estimate of drug-likeness (QED) is 0.118. The van der Waals surface area contributed by atoms with Crippen molar-refractivity contribution in [3.05, 3.63) is 139 Å². The minimum absolute atomic E-state index is 0. The largest absolute Gasteiger partial charge is 0 e. The number of furan rings is 1. The molecule has 7 rings (SSSR count). The number of halogens is 1. The van der Waals surface area contributed by atoms with E-state index in [0.29, 0.717) is 5.92 Å². The molecule has 0 N–H and O–H groups in total. The van der Waals surface area contributed by atoms with Gasteiger partial charge in [-0.25, -0.2) is 4.39 Å². The fourth-order valence-electron chi connectivity index (χ4n) is 5.93. The average molecular weight is 872 g/mol. The number of benzene rings is 4. The third-order valence-electron chi connectivity index (χ3n) is 8.70. The molecule has 0 fully saturated rings. The number of pyridine rings is 2. The molecule has 0 aliphatic carbocycles. The summed E-state index contributed by atoms with van der Waals surface area (Å²) in [5, 5.41) is 2.06. The van der Waals surface area contributed by atoms with Crippen molar-refractivity contribution in [2.45, 2.75) is 49.9 Å². The summed E-state index contributed by atoms with van der Waals surface area (Å²) in [6.45, 7) is 4.44. The van der Waals surface area contributed by atoms with E-state index in [1.54, 1.807) is 6.07 Å². The smallest absolute Gasteiger partial charge is 0 e. The molecule has 245 valence electrons. The second-order valence-corrected chi connectivity index (χ2v) is 23.5. The summed E-state index contributed by atoms with van der Waals surface area (Å²) < 4.78 is 21.4. The Kier molecular flexibility index (Phi) is 11.5. The fraction of sp³-hybridized carbons (Fsp3) is 0.190. The Morgan fingerprint density at radius 1 is 0.750 bits per heavy atom. The van der Waals surface area contributed by atoms with Crippen molar-refractivity contribution in [2.75, 3.05) is 0 Å². The van der Waals surface area contributed by atoms with Crippen LogP contribution in [0.25, 0.3) is 55.6 Å². The van der Waals surface area contributed by atoms with E-state index in [1.807, 2.05) is 73.1 Å². The number of hydrogen-bond donors (Lipinski definition) is 0. The minimum Gasteiger partial charge on any atom is 0 e. The van der Waals surface area contributed by atoms with Gasteiger partial charge in [0.15, 0.2) is 0 Å². The molecule has 0 atom stereocenters. The molecule has 7 aromatic rings. The van der Waals surface area contributed by atoms with Crippen LogP contribution in [0, 0.1) is 17.9 Å². The molecule has 6 heteroatoms. The fourth-order valence-corrected chi connectivity index (χ4v) is 8.10. The Bertz CT molecular complexity index is 2120. The van der Waals surface area contributed by atoms with Crippen LogP contribution in [0.1, 0.15) is 38.2 Å². The first-order chi connectivity index (χ1) is 22.7. The topological polar surface area (TPSA) is 38.9 Å². The average Bonchev–Trinajstić information content (AvgIpc) is 3.48. The van der Waals surface area contributed by atoms with E-state index in [9.17, 15) is 4.39 Å². The summed E-state index contributed by atoms with van der Waals surface area (Å²) in [7, 11) is 0. The van der Waals surface area contributed by atoms with Crippen LogP contribution in [0.2, 0.25) is 17.3 Å². The molecular weight excluding hydrogens is 832 g/mol. The molecule has 48 heavy (non-hydrogen) atoms. The first kappa shape index (κ1) is 35.4. The normalized spacial score (nSPS) is 11.3. The van der Waals surface area contributed by atoms with Gasteiger partial charge in [-0.15, -0.1) is 18.2 Å². The van der Waals surface area contributed by atoms with E-state index >= 15 is 0 Å². The maximum absolute atomic E-state index is 13.7. The van der Waals surface area contributed by atoms with E-state index in [2.05, 4.69) is 77.5 Å². The zero-order chi connectivity index (χ0) is 33.0. The molecule has 0 saturated carbocycles. The van der Waals surface area contributed by atoms with Crippen LogP contribution in [0.3, 0.4) is 0 Å². The molecule has 0 amide bonds. The van der Waals surface area contributed by atoms with E-state index in [4.69, 9.17) is 4.42 Å². The van der Waals surface area contributed by atoms with Crippen LogP contribution in [0.5, 0.6) is 0 Å². The number of rotatable bonds is 7. The molecule has 0 saturated heterocycles. The monoisotopic (exact) mass is 873 g/mol. The molecule has 0 bridgehead atoms. The minimum atomic E-state index is -1.72. The molecule has 1 radical (unpaired) electrons. The van der Waals surface area contributed by atoms with Gasteiger partial charge in [0.2, 0.25) is 0 Å². The molecule has 3 aromatic heterocycles. The van der Waals surface area contributed by atoms with Gasteiger partial charge < -0.3 is 9.40 Å². The van der Waals surface area contributed by atoms with Crippen molar-refractivity contribution in [3.63, 3.8) is 0 Å². The van der Waals surface area contributed by atoms with E-state index in [1.165, 1.54) is 22.1 Å². The summed E-state index contributed by atoms with van der Waals surface area (Å²) in [5.74, 6) is 7.41. The van der Waals surface area contributed by atoms with Gasteiger partial charge in [-0.05, 0) is 59.8 Å². The van der Waals surface area contributed by atoms with E-state index in [0.717, 1.165) is 68.4 Å². The Morgan fingerprint density at radius 2 is 1.56 bits per heavy atom. The summed E-state index contributed by atoms with van der Waals surface area (Å²) in [6, 6.07) is 39.7. The summed E-state index contributed by atoms with van der Waals surface area (Å²) in [4.78, 5) is 9.15. The predicted octanol–water partition coefficient (Wildman–Crippen LogP) is 11.2. The molecule has 0 spiro atoms. The Morgan fingerprint density at radius 3 is 2.25 bits per heavy atom. The second kappa shape index (κ2) is 15.5. The third-order valence-corrected chi connectivity index (χ3v) is 13.0. The standard InChI is InChI=1S/C28H23FNO.C14H16GeN.Ir/c1-3-18(4-2)21-13-14-30-26(16-21)25-10-6-9-24-23-12-11-20(17-27(23)31-28(24)25)19-7-5-8-22(29)15-19;1-15(2,3)13-9-10-14(16-11-13)12-7-5-4-6-8-12;/h5-9,11-18H,3-4H2,1-2H3;4-7,9-11H,1-3H3;/q2*-1;. The van der Waals surface area contributed by atoms with Crippen LogP contribution in [0.15, 0.2) is 120 Å². The van der Waals surface area contributed by atoms with Crippen LogP contribution in [-0.2, 0) is 20.1 Å². The van der Waals surface area contributed by atoms with Crippen molar-refractivity contribution in [3.8, 4) is 33.6 Å². The van der Waals surface area contributed by atoms with Crippen molar-refractivity contribution >= 4 is 39.6 Å². The first-order valence-electron chi connectivity index (χ1n) is 16.3. The van der Waals surface area contributed by atoms with Gasteiger partial charge in [-0.1, -0.05) is 60.7 Å². The second-order valence-electron chi connectivity index (χ2n) is 12.9. The number of aromatic nitrogens is 2. The molecule has 4 aromatic carbocycles.